The molecule has 1 N–H and O–H groups in total. The van der Waals surface area contributed by atoms with Gasteiger partial charge in [-0.25, -0.2) is 4.79 Å². The number of urea groups is 1. The van der Waals surface area contributed by atoms with E-state index in [9.17, 15) is 14.4 Å². The van der Waals surface area contributed by atoms with Crippen molar-refractivity contribution in [1.29, 1.82) is 0 Å². The van der Waals surface area contributed by atoms with E-state index in [1.165, 1.54) is 11.1 Å². The van der Waals surface area contributed by atoms with Crippen molar-refractivity contribution < 1.29 is 14.4 Å². The van der Waals surface area contributed by atoms with Crippen LogP contribution in [0.4, 0.5) is 4.79 Å². The van der Waals surface area contributed by atoms with Crippen LogP contribution in [-0.2, 0) is 16.0 Å². The summed E-state index contributed by atoms with van der Waals surface area (Å²) >= 11 is 0. The zero-order valence-corrected chi connectivity index (χ0v) is 17.9. The second kappa shape index (κ2) is 8.97. The fraction of sp³-hybridized carbons (Fsp3) is 0.609. The van der Waals surface area contributed by atoms with Gasteiger partial charge in [0.15, 0.2) is 0 Å². The predicted octanol–water partition coefficient (Wildman–Crippen LogP) is 3.28. The lowest BCUT2D eigenvalue weighted by molar-refractivity contribution is -0.139. The fourth-order valence-corrected chi connectivity index (χ4v) is 4.38. The number of hydrogen-bond donors (Lipinski definition) is 1. The number of imide groups is 1. The zero-order chi connectivity index (χ0) is 21.0. The van der Waals surface area contributed by atoms with Crippen LogP contribution in [-0.4, -0.2) is 52.8 Å². The summed E-state index contributed by atoms with van der Waals surface area (Å²) in [6.07, 6.45) is 5.22. The molecule has 0 bridgehead atoms. The quantitative estimate of drug-likeness (QED) is 0.716. The Morgan fingerprint density at radius 2 is 1.72 bits per heavy atom. The minimum atomic E-state index is -0.847. The number of nitrogens with one attached hydrogen (secondary N) is 1. The number of rotatable bonds is 7. The molecular weight excluding hydrogens is 366 g/mol. The average molecular weight is 400 g/mol. The Bertz CT molecular complexity index is 747. The summed E-state index contributed by atoms with van der Waals surface area (Å²) in [7, 11) is 0. The molecule has 0 atom stereocenters. The minimum Gasteiger partial charge on any atom is -0.341 e. The molecular formula is C23H33N3O3. The highest BCUT2D eigenvalue weighted by Gasteiger charge is 2.49. The number of amides is 4. The highest BCUT2D eigenvalue weighted by Crippen LogP contribution is 2.26. The van der Waals surface area contributed by atoms with Gasteiger partial charge >= 0.3 is 6.03 Å². The van der Waals surface area contributed by atoms with Crippen LogP contribution in [0.2, 0.25) is 0 Å². The van der Waals surface area contributed by atoms with Crippen molar-refractivity contribution in [3.05, 3.63) is 35.4 Å². The molecule has 3 rings (SSSR count). The van der Waals surface area contributed by atoms with Crippen LogP contribution >= 0.6 is 0 Å². The van der Waals surface area contributed by atoms with Gasteiger partial charge in [0.25, 0.3) is 5.91 Å². The average Bonchev–Trinajstić information content (AvgIpc) is 2.98. The number of benzene rings is 1. The van der Waals surface area contributed by atoms with E-state index in [4.69, 9.17) is 0 Å². The Kier molecular flexibility index (Phi) is 6.60. The first-order chi connectivity index (χ1) is 13.9. The first-order valence-electron chi connectivity index (χ1n) is 10.9. The van der Waals surface area contributed by atoms with Crippen molar-refractivity contribution in [1.82, 2.24) is 15.1 Å². The highest BCUT2D eigenvalue weighted by molar-refractivity contribution is 6.08. The van der Waals surface area contributed by atoms with Gasteiger partial charge in [-0.2, -0.15) is 0 Å². The summed E-state index contributed by atoms with van der Waals surface area (Å²) < 4.78 is 0. The number of piperidine rings is 1. The molecule has 0 unspecified atom stereocenters. The maximum Gasteiger partial charge on any atom is 0.325 e. The van der Waals surface area contributed by atoms with Crippen molar-refractivity contribution in [3.63, 3.8) is 0 Å². The van der Waals surface area contributed by atoms with Crippen LogP contribution in [0.3, 0.4) is 0 Å². The largest absolute Gasteiger partial charge is 0.341 e. The second-order valence-electron chi connectivity index (χ2n) is 8.46. The van der Waals surface area contributed by atoms with E-state index in [0.29, 0.717) is 31.8 Å². The molecule has 6 heteroatoms. The van der Waals surface area contributed by atoms with Crippen LogP contribution < -0.4 is 5.32 Å². The van der Waals surface area contributed by atoms with Gasteiger partial charge in [-0.15, -0.1) is 0 Å². The van der Waals surface area contributed by atoms with E-state index in [0.717, 1.165) is 30.6 Å². The fourth-order valence-electron chi connectivity index (χ4n) is 4.38. The lowest BCUT2D eigenvalue weighted by Crippen LogP contribution is -2.48. The van der Waals surface area contributed by atoms with Gasteiger partial charge in [-0.3, -0.25) is 14.5 Å². The summed E-state index contributed by atoms with van der Waals surface area (Å²) in [4.78, 5) is 40.5. The smallest absolute Gasteiger partial charge is 0.325 e. The van der Waals surface area contributed by atoms with Gasteiger partial charge in [-0.1, -0.05) is 43.7 Å². The van der Waals surface area contributed by atoms with E-state index in [-0.39, 0.29) is 18.4 Å². The SMILES string of the molecule is CCC1(CC)NC(=O)N(CC(=O)N2CCC(CCc3ccc(C)cc3)CC2)C1=O. The van der Waals surface area contributed by atoms with Crippen molar-refractivity contribution in [2.45, 2.75) is 64.8 Å². The zero-order valence-electron chi connectivity index (χ0n) is 17.9. The molecule has 2 heterocycles. The molecule has 1 aromatic rings. The number of nitrogens with zero attached hydrogens (tertiary/aromatic N) is 2. The van der Waals surface area contributed by atoms with Gasteiger partial charge in [0.2, 0.25) is 5.91 Å². The summed E-state index contributed by atoms with van der Waals surface area (Å²) in [6, 6.07) is 8.24. The van der Waals surface area contributed by atoms with Gasteiger partial charge in [0, 0.05) is 13.1 Å². The van der Waals surface area contributed by atoms with Gasteiger partial charge in [0.1, 0.15) is 12.1 Å². The summed E-state index contributed by atoms with van der Waals surface area (Å²) in [6.45, 7) is 7.12. The van der Waals surface area contributed by atoms with Gasteiger partial charge in [0.05, 0.1) is 0 Å². The molecule has 0 saturated carbocycles. The molecule has 2 aliphatic heterocycles. The van der Waals surface area contributed by atoms with Crippen molar-refractivity contribution in [2.24, 2.45) is 5.92 Å². The molecule has 2 saturated heterocycles. The molecule has 6 nitrogen and oxygen atoms in total. The molecule has 0 aromatic heterocycles. The molecule has 0 aliphatic carbocycles. The topological polar surface area (TPSA) is 69.7 Å². The Morgan fingerprint density at radius 3 is 2.28 bits per heavy atom. The number of likely N-dealkylation sites (tertiary alicyclic amines) is 1. The van der Waals surface area contributed by atoms with Crippen LogP contribution in [0.25, 0.3) is 0 Å². The number of hydrogen-bond acceptors (Lipinski definition) is 3. The first kappa shape index (κ1) is 21.3. The summed E-state index contributed by atoms with van der Waals surface area (Å²) in [5.74, 6) is 0.215. The Labute approximate surface area is 173 Å². The Morgan fingerprint density at radius 1 is 1.10 bits per heavy atom. The molecule has 29 heavy (non-hydrogen) atoms. The molecule has 0 radical (unpaired) electrons. The predicted molar refractivity (Wildman–Crippen MR) is 112 cm³/mol. The molecule has 4 amide bonds. The van der Waals surface area contributed by atoms with E-state index >= 15 is 0 Å². The molecule has 2 fully saturated rings. The van der Waals surface area contributed by atoms with E-state index in [1.807, 2.05) is 13.8 Å². The lowest BCUT2D eigenvalue weighted by atomic mass is 9.90. The van der Waals surface area contributed by atoms with Crippen molar-refractivity contribution in [3.8, 4) is 0 Å². The second-order valence-corrected chi connectivity index (χ2v) is 8.46. The Hall–Kier alpha value is -2.37. The monoisotopic (exact) mass is 399 g/mol. The van der Waals surface area contributed by atoms with Crippen LogP contribution in [0.1, 0.15) is 57.1 Å². The van der Waals surface area contributed by atoms with Crippen molar-refractivity contribution in [2.75, 3.05) is 19.6 Å². The van der Waals surface area contributed by atoms with Crippen LogP contribution in [0.5, 0.6) is 0 Å². The number of carbonyl (C=O) groups excluding carboxylic acids is 3. The maximum absolute atomic E-state index is 12.7. The minimum absolute atomic E-state index is 0.131. The number of carbonyl (C=O) groups is 3. The first-order valence-corrected chi connectivity index (χ1v) is 10.9. The summed E-state index contributed by atoms with van der Waals surface area (Å²) in [5.41, 5.74) is 1.80. The Balaban J connectivity index is 1.47. The van der Waals surface area contributed by atoms with Crippen LogP contribution in [0, 0.1) is 12.8 Å². The summed E-state index contributed by atoms with van der Waals surface area (Å²) in [5, 5.41) is 2.78. The van der Waals surface area contributed by atoms with Gasteiger partial charge < -0.3 is 10.2 Å². The van der Waals surface area contributed by atoms with Crippen molar-refractivity contribution >= 4 is 17.8 Å². The lowest BCUT2D eigenvalue weighted by Gasteiger charge is -2.33. The molecule has 1 aromatic carbocycles. The third-order valence-corrected chi connectivity index (χ3v) is 6.68. The normalized spacial score (nSPS) is 19.6. The highest BCUT2D eigenvalue weighted by atomic mass is 16.2. The molecule has 0 spiro atoms. The third-order valence-electron chi connectivity index (χ3n) is 6.68. The van der Waals surface area contributed by atoms with E-state index < -0.39 is 11.6 Å². The maximum atomic E-state index is 12.7. The van der Waals surface area contributed by atoms with E-state index in [2.05, 4.69) is 36.5 Å². The van der Waals surface area contributed by atoms with E-state index in [1.54, 1.807) is 4.90 Å². The van der Waals surface area contributed by atoms with Gasteiger partial charge in [-0.05, 0) is 56.9 Å². The standard InChI is InChI=1S/C23H33N3O3/c1-4-23(5-2)21(28)26(22(29)24-23)16-20(27)25-14-12-19(13-15-25)11-10-18-8-6-17(3)7-9-18/h6-9,19H,4-5,10-16H2,1-3H3,(H,24,29). The molecule has 158 valence electrons. The third kappa shape index (κ3) is 4.62. The number of aryl methyl sites for hydroxylation is 2. The molecule has 2 aliphatic rings. The van der Waals surface area contributed by atoms with Crippen LogP contribution in [0.15, 0.2) is 24.3 Å².